The Morgan fingerprint density at radius 1 is 1.24 bits per heavy atom. The SMILES string of the molecule is O=C(O)C1CCN(c2ccc3oc(C4CC4)nc3c2)CC1. The molecule has 110 valence electrons. The Kier molecular flexibility index (Phi) is 2.87. The average molecular weight is 286 g/mol. The molecule has 0 atom stereocenters. The number of carbonyl (C=O) groups is 1. The van der Waals surface area contributed by atoms with Gasteiger partial charge in [-0.25, -0.2) is 4.98 Å². The number of carboxylic acid groups (broad SMARTS) is 1. The van der Waals surface area contributed by atoms with Gasteiger partial charge in [0.2, 0.25) is 0 Å². The second-order valence-electron chi connectivity index (χ2n) is 6.08. The average Bonchev–Trinajstić information content (AvgIpc) is 3.26. The van der Waals surface area contributed by atoms with Crippen molar-refractivity contribution in [3.8, 4) is 0 Å². The van der Waals surface area contributed by atoms with Gasteiger partial charge < -0.3 is 14.4 Å². The fourth-order valence-corrected chi connectivity index (χ4v) is 3.02. The number of fused-ring (bicyclic) bond motifs is 1. The molecule has 0 radical (unpaired) electrons. The van der Waals surface area contributed by atoms with E-state index in [0.29, 0.717) is 18.8 Å². The number of benzene rings is 1. The van der Waals surface area contributed by atoms with Crippen molar-refractivity contribution < 1.29 is 14.3 Å². The third kappa shape index (κ3) is 2.37. The highest BCUT2D eigenvalue weighted by molar-refractivity contribution is 5.78. The van der Waals surface area contributed by atoms with Crippen molar-refractivity contribution in [2.75, 3.05) is 18.0 Å². The van der Waals surface area contributed by atoms with Gasteiger partial charge in [0.1, 0.15) is 5.52 Å². The molecule has 1 aliphatic heterocycles. The summed E-state index contributed by atoms with van der Waals surface area (Å²) >= 11 is 0. The first-order valence-corrected chi connectivity index (χ1v) is 7.59. The molecule has 0 unspecified atom stereocenters. The summed E-state index contributed by atoms with van der Waals surface area (Å²) in [5, 5.41) is 9.06. The number of hydrogen-bond donors (Lipinski definition) is 1. The number of carboxylic acids is 1. The zero-order valence-electron chi connectivity index (χ0n) is 11.8. The third-order valence-corrected chi connectivity index (χ3v) is 4.52. The van der Waals surface area contributed by atoms with Gasteiger partial charge in [-0.3, -0.25) is 4.79 Å². The van der Waals surface area contributed by atoms with E-state index < -0.39 is 5.97 Å². The maximum atomic E-state index is 11.0. The molecule has 1 aromatic carbocycles. The minimum atomic E-state index is -0.671. The van der Waals surface area contributed by atoms with Crippen molar-refractivity contribution in [3.05, 3.63) is 24.1 Å². The molecule has 0 bridgehead atoms. The molecule has 1 saturated heterocycles. The summed E-state index contributed by atoms with van der Waals surface area (Å²) in [7, 11) is 0. The normalized spacial score (nSPS) is 20.1. The summed E-state index contributed by atoms with van der Waals surface area (Å²) in [5.41, 5.74) is 2.87. The van der Waals surface area contributed by atoms with Crippen LogP contribution in [0, 0.1) is 5.92 Å². The molecule has 1 aromatic heterocycles. The quantitative estimate of drug-likeness (QED) is 0.939. The van der Waals surface area contributed by atoms with Crippen LogP contribution in [0.3, 0.4) is 0 Å². The number of nitrogens with zero attached hydrogens (tertiary/aromatic N) is 2. The highest BCUT2D eigenvalue weighted by Crippen LogP contribution is 2.41. The smallest absolute Gasteiger partial charge is 0.306 e. The van der Waals surface area contributed by atoms with Crippen LogP contribution in [0.5, 0.6) is 0 Å². The van der Waals surface area contributed by atoms with Gasteiger partial charge in [-0.1, -0.05) is 0 Å². The Morgan fingerprint density at radius 2 is 2.00 bits per heavy atom. The molecule has 2 aliphatic rings. The van der Waals surface area contributed by atoms with E-state index in [0.717, 1.165) is 35.8 Å². The van der Waals surface area contributed by atoms with Crippen molar-refractivity contribution >= 4 is 22.8 Å². The first-order chi connectivity index (χ1) is 10.2. The first-order valence-electron chi connectivity index (χ1n) is 7.59. The molecule has 5 nitrogen and oxygen atoms in total. The number of piperidine rings is 1. The van der Waals surface area contributed by atoms with Gasteiger partial charge in [-0.15, -0.1) is 0 Å². The van der Waals surface area contributed by atoms with E-state index in [2.05, 4.69) is 16.0 Å². The molecule has 4 rings (SSSR count). The maximum absolute atomic E-state index is 11.0. The van der Waals surface area contributed by atoms with E-state index in [9.17, 15) is 4.79 Å². The van der Waals surface area contributed by atoms with Crippen LogP contribution in [0.15, 0.2) is 22.6 Å². The lowest BCUT2D eigenvalue weighted by Gasteiger charge is -2.31. The first kappa shape index (κ1) is 12.7. The lowest BCUT2D eigenvalue weighted by molar-refractivity contribution is -0.142. The standard InChI is InChI=1S/C16H18N2O3/c19-16(20)11-5-7-18(8-6-11)12-3-4-14-13(9-12)17-15(21-14)10-1-2-10/h3-4,9-11H,1-2,5-8H2,(H,19,20). The summed E-state index contributed by atoms with van der Waals surface area (Å²) in [5.74, 6) is 0.521. The summed E-state index contributed by atoms with van der Waals surface area (Å²) in [6, 6.07) is 6.09. The Balaban J connectivity index is 1.55. The summed E-state index contributed by atoms with van der Waals surface area (Å²) < 4.78 is 5.78. The van der Waals surface area contributed by atoms with Crippen LogP contribution >= 0.6 is 0 Å². The number of oxazole rings is 1. The van der Waals surface area contributed by atoms with Crippen molar-refractivity contribution in [2.24, 2.45) is 5.92 Å². The molecule has 1 saturated carbocycles. The Hall–Kier alpha value is -2.04. The van der Waals surface area contributed by atoms with E-state index in [4.69, 9.17) is 9.52 Å². The van der Waals surface area contributed by atoms with E-state index in [1.165, 1.54) is 12.8 Å². The van der Waals surface area contributed by atoms with Crippen LogP contribution in [0.4, 0.5) is 5.69 Å². The predicted molar refractivity (Wildman–Crippen MR) is 78.6 cm³/mol. The summed E-state index contributed by atoms with van der Waals surface area (Å²) in [4.78, 5) is 17.8. The molecular weight excluding hydrogens is 268 g/mol. The molecule has 21 heavy (non-hydrogen) atoms. The minimum absolute atomic E-state index is 0.196. The van der Waals surface area contributed by atoms with E-state index >= 15 is 0 Å². The molecule has 2 heterocycles. The largest absolute Gasteiger partial charge is 0.481 e. The predicted octanol–water partition coefficient (Wildman–Crippen LogP) is 3.01. The van der Waals surface area contributed by atoms with E-state index in [1.54, 1.807) is 0 Å². The molecule has 5 heteroatoms. The molecule has 0 amide bonds. The highest BCUT2D eigenvalue weighted by Gasteiger charge is 2.29. The topological polar surface area (TPSA) is 66.6 Å². The van der Waals surface area contributed by atoms with Crippen LogP contribution in [-0.2, 0) is 4.79 Å². The third-order valence-electron chi connectivity index (χ3n) is 4.52. The molecule has 2 aromatic rings. The molecular formula is C16H18N2O3. The second-order valence-corrected chi connectivity index (χ2v) is 6.08. The van der Waals surface area contributed by atoms with Crippen molar-refractivity contribution in [3.63, 3.8) is 0 Å². The second kappa shape index (κ2) is 4.76. The van der Waals surface area contributed by atoms with Crippen LogP contribution < -0.4 is 4.90 Å². The Labute approximate surface area is 122 Å². The van der Waals surface area contributed by atoms with Crippen molar-refractivity contribution in [2.45, 2.75) is 31.6 Å². The van der Waals surface area contributed by atoms with E-state index in [1.807, 2.05) is 12.1 Å². The number of anilines is 1. The fourth-order valence-electron chi connectivity index (χ4n) is 3.02. The van der Waals surface area contributed by atoms with Crippen molar-refractivity contribution in [1.29, 1.82) is 0 Å². The monoisotopic (exact) mass is 286 g/mol. The minimum Gasteiger partial charge on any atom is -0.481 e. The number of aromatic nitrogens is 1. The lowest BCUT2D eigenvalue weighted by Crippen LogP contribution is -2.36. The fraction of sp³-hybridized carbons (Fsp3) is 0.500. The summed E-state index contributed by atoms with van der Waals surface area (Å²) in [6.45, 7) is 1.58. The van der Waals surface area contributed by atoms with Gasteiger partial charge >= 0.3 is 5.97 Å². The zero-order chi connectivity index (χ0) is 14.4. The number of hydrogen-bond acceptors (Lipinski definition) is 4. The van der Waals surface area contributed by atoms with Gasteiger partial charge in [0.15, 0.2) is 11.5 Å². The van der Waals surface area contributed by atoms with Gasteiger partial charge in [-0.05, 0) is 43.9 Å². The van der Waals surface area contributed by atoms with Crippen molar-refractivity contribution in [1.82, 2.24) is 4.98 Å². The van der Waals surface area contributed by atoms with Crippen LogP contribution in [0.1, 0.15) is 37.5 Å². The van der Waals surface area contributed by atoms with Crippen LogP contribution in [0.25, 0.3) is 11.1 Å². The van der Waals surface area contributed by atoms with Crippen LogP contribution in [-0.4, -0.2) is 29.1 Å². The maximum Gasteiger partial charge on any atom is 0.306 e. The lowest BCUT2D eigenvalue weighted by atomic mass is 9.97. The molecule has 2 fully saturated rings. The molecule has 1 aliphatic carbocycles. The molecule has 1 N–H and O–H groups in total. The molecule has 0 spiro atoms. The van der Waals surface area contributed by atoms with Gasteiger partial charge in [0.25, 0.3) is 0 Å². The van der Waals surface area contributed by atoms with Gasteiger partial charge in [0, 0.05) is 24.7 Å². The zero-order valence-corrected chi connectivity index (χ0v) is 11.8. The van der Waals surface area contributed by atoms with Gasteiger partial charge in [0.05, 0.1) is 5.92 Å². The summed E-state index contributed by atoms with van der Waals surface area (Å²) in [6.07, 6.45) is 3.78. The number of rotatable bonds is 3. The Bertz CT molecular complexity index is 682. The number of aliphatic carboxylic acids is 1. The van der Waals surface area contributed by atoms with E-state index in [-0.39, 0.29) is 5.92 Å². The van der Waals surface area contributed by atoms with Gasteiger partial charge in [-0.2, -0.15) is 0 Å². The Morgan fingerprint density at radius 3 is 2.67 bits per heavy atom. The highest BCUT2D eigenvalue weighted by atomic mass is 16.4. The van der Waals surface area contributed by atoms with Crippen LogP contribution in [0.2, 0.25) is 0 Å².